The van der Waals surface area contributed by atoms with E-state index in [1.54, 1.807) is 0 Å². The number of carbonyl (C=O) groups is 1. The molecule has 0 unspecified atom stereocenters. The van der Waals surface area contributed by atoms with Crippen LogP contribution in [0, 0.1) is 11.8 Å². The van der Waals surface area contributed by atoms with Gasteiger partial charge in [-0.15, -0.1) is 0 Å². The van der Waals surface area contributed by atoms with Crippen molar-refractivity contribution < 1.29 is 9.53 Å². The highest BCUT2D eigenvalue weighted by atomic mass is 16.5. The standard InChI is InChI=1S/C10H18O2/c1-6-9(10(11)12-5)8(4)7(2)3/h8-9H,2,6H2,1,3-5H3/t8-,9-/m0/s1. The highest BCUT2D eigenvalue weighted by molar-refractivity contribution is 5.72. The lowest BCUT2D eigenvalue weighted by atomic mass is 9.87. The average Bonchev–Trinajstić information content (AvgIpc) is 2.05. The molecule has 12 heavy (non-hydrogen) atoms. The molecule has 0 heterocycles. The van der Waals surface area contributed by atoms with E-state index >= 15 is 0 Å². The first-order chi connectivity index (χ1) is 5.54. The van der Waals surface area contributed by atoms with Crippen LogP contribution < -0.4 is 0 Å². The van der Waals surface area contributed by atoms with Crippen molar-refractivity contribution in [1.82, 2.24) is 0 Å². The third-order valence-corrected chi connectivity index (χ3v) is 2.32. The number of rotatable bonds is 4. The van der Waals surface area contributed by atoms with Gasteiger partial charge < -0.3 is 4.74 Å². The Morgan fingerprint density at radius 2 is 2.08 bits per heavy atom. The minimum Gasteiger partial charge on any atom is -0.469 e. The maximum Gasteiger partial charge on any atom is 0.309 e. The molecule has 0 rings (SSSR count). The van der Waals surface area contributed by atoms with E-state index in [-0.39, 0.29) is 17.8 Å². The Bertz CT molecular complexity index is 173. The first-order valence-corrected chi connectivity index (χ1v) is 4.27. The summed E-state index contributed by atoms with van der Waals surface area (Å²) in [7, 11) is 1.43. The third kappa shape index (κ3) is 2.68. The first kappa shape index (κ1) is 11.2. The molecule has 0 radical (unpaired) electrons. The molecule has 2 atom stereocenters. The molecule has 0 saturated heterocycles. The summed E-state index contributed by atoms with van der Waals surface area (Å²) >= 11 is 0. The maximum atomic E-state index is 11.2. The second-order valence-corrected chi connectivity index (χ2v) is 3.17. The van der Waals surface area contributed by atoms with E-state index in [0.717, 1.165) is 12.0 Å². The van der Waals surface area contributed by atoms with Crippen molar-refractivity contribution in [3.63, 3.8) is 0 Å². The quantitative estimate of drug-likeness (QED) is 0.478. The predicted octanol–water partition coefficient (Wildman–Crippen LogP) is 2.40. The summed E-state index contributed by atoms with van der Waals surface area (Å²) in [6, 6.07) is 0. The van der Waals surface area contributed by atoms with Gasteiger partial charge in [0.15, 0.2) is 0 Å². The molecule has 2 nitrogen and oxygen atoms in total. The Kier molecular flexibility index (Phi) is 4.64. The molecule has 0 bridgehead atoms. The molecule has 0 aliphatic carbocycles. The molecular formula is C10H18O2. The van der Waals surface area contributed by atoms with Crippen LogP contribution in [0.3, 0.4) is 0 Å². The zero-order chi connectivity index (χ0) is 9.72. The Labute approximate surface area is 74.6 Å². The van der Waals surface area contributed by atoms with Gasteiger partial charge >= 0.3 is 5.97 Å². The van der Waals surface area contributed by atoms with Gasteiger partial charge in [-0.25, -0.2) is 0 Å². The van der Waals surface area contributed by atoms with Crippen molar-refractivity contribution in [1.29, 1.82) is 0 Å². The molecular weight excluding hydrogens is 152 g/mol. The zero-order valence-corrected chi connectivity index (χ0v) is 8.39. The van der Waals surface area contributed by atoms with Gasteiger partial charge in [-0.3, -0.25) is 4.79 Å². The molecule has 0 spiro atoms. The van der Waals surface area contributed by atoms with Crippen molar-refractivity contribution in [3.05, 3.63) is 12.2 Å². The van der Waals surface area contributed by atoms with Crippen LogP contribution in [0.25, 0.3) is 0 Å². The van der Waals surface area contributed by atoms with Gasteiger partial charge in [-0.05, 0) is 19.3 Å². The lowest BCUT2D eigenvalue weighted by Crippen LogP contribution is -2.23. The van der Waals surface area contributed by atoms with E-state index in [4.69, 9.17) is 4.74 Å². The molecule has 70 valence electrons. The normalized spacial score (nSPS) is 15.0. The Morgan fingerprint density at radius 3 is 2.33 bits per heavy atom. The van der Waals surface area contributed by atoms with Crippen molar-refractivity contribution >= 4 is 5.97 Å². The lowest BCUT2D eigenvalue weighted by Gasteiger charge is -2.20. The van der Waals surface area contributed by atoms with Crippen LogP contribution in [0.5, 0.6) is 0 Å². The van der Waals surface area contributed by atoms with Crippen molar-refractivity contribution in [2.75, 3.05) is 7.11 Å². The van der Waals surface area contributed by atoms with Crippen molar-refractivity contribution in [2.45, 2.75) is 27.2 Å². The topological polar surface area (TPSA) is 26.3 Å². The molecule has 2 heteroatoms. The van der Waals surface area contributed by atoms with Crippen LogP contribution in [-0.2, 0) is 9.53 Å². The zero-order valence-electron chi connectivity index (χ0n) is 8.39. The van der Waals surface area contributed by atoms with Crippen molar-refractivity contribution in [3.8, 4) is 0 Å². The van der Waals surface area contributed by atoms with Crippen molar-refractivity contribution in [2.24, 2.45) is 11.8 Å². The molecule has 0 fully saturated rings. The number of methoxy groups -OCH3 is 1. The summed E-state index contributed by atoms with van der Waals surface area (Å²) in [6.07, 6.45) is 0.806. The van der Waals surface area contributed by atoms with Crippen LogP contribution in [0.1, 0.15) is 27.2 Å². The summed E-state index contributed by atoms with van der Waals surface area (Å²) in [5, 5.41) is 0. The first-order valence-electron chi connectivity index (χ1n) is 4.27. The lowest BCUT2D eigenvalue weighted by molar-refractivity contribution is -0.146. The fourth-order valence-electron chi connectivity index (χ4n) is 1.22. The van der Waals surface area contributed by atoms with Gasteiger partial charge in [0, 0.05) is 0 Å². The van der Waals surface area contributed by atoms with E-state index < -0.39 is 0 Å². The monoisotopic (exact) mass is 170 g/mol. The van der Waals surface area contributed by atoms with E-state index in [9.17, 15) is 4.79 Å². The number of ether oxygens (including phenoxy) is 1. The van der Waals surface area contributed by atoms with Crippen LogP contribution in [0.15, 0.2) is 12.2 Å². The van der Waals surface area contributed by atoms with Crippen LogP contribution >= 0.6 is 0 Å². The summed E-state index contributed by atoms with van der Waals surface area (Å²) in [6.45, 7) is 9.77. The molecule has 0 aromatic rings. The van der Waals surface area contributed by atoms with E-state index in [2.05, 4.69) is 6.58 Å². The van der Waals surface area contributed by atoms with E-state index in [1.807, 2.05) is 20.8 Å². The minimum absolute atomic E-state index is 0.0347. The Balaban J connectivity index is 4.33. The largest absolute Gasteiger partial charge is 0.469 e. The van der Waals surface area contributed by atoms with Crippen LogP contribution in [0.2, 0.25) is 0 Å². The number of carbonyl (C=O) groups excluding carboxylic acids is 1. The molecule has 0 aliphatic rings. The number of esters is 1. The maximum absolute atomic E-state index is 11.2. The molecule has 0 aliphatic heterocycles. The minimum atomic E-state index is -0.131. The summed E-state index contributed by atoms with van der Waals surface area (Å²) in [5.41, 5.74) is 1.03. The Hall–Kier alpha value is -0.790. The van der Waals surface area contributed by atoms with Gasteiger partial charge in [0.2, 0.25) is 0 Å². The van der Waals surface area contributed by atoms with Gasteiger partial charge in [0.25, 0.3) is 0 Å². The fourth-order valence-corrected chi connectivity index (χ4v) is 1.22. The second-order valence-electron chi connectivity index (χ2n) is 3.17. The van der Waals surface area contributed by atoms with Gasteiger partial charge in [0.05, 0.1) is 13.0 Å². The van der Waals surface area contributed by atoms with E-state index in [1.165, 1.54) is 7.11 Å². The molecule has 0 saturated carbocycles. The van der Waals surface area contributed by atoms with E-state index in [0.29, 0.717) is 0 Å². The number of allylic oxidation sites excluding steroid dienone is 1. The second kappa shape index (κ2) is 4.96. The molecule has 0 amide bonds. The summed E-state index contributed by atoms with van der Waals surface area (Å²) in [4.78, 5) is 11.2. The highest BCUT2D eigenvalue weighted by Gasteiger charge is 2.23. The smallest absolute Gasteiger partial charge is 0.309 e. The van der Waals surface area contributed by atoms with Gasteiger partial charge in [-0.2, -0.15) is 0 Å². The molecule has 0 N–H and O–H groups in total. The predicted molar refractivity (Wildman–Crippen MR) is 49.8 cm³/mol. The SMILES string of the molecule is C=C(C)[C@H](C)[C@H](CC)C(=O)OC. The molecule has 0 aromatic carbocycles. The van der Waals surface area contributed by atoms with Crippen LogP contribution in [0.4, 0.5) is 0 Å². The highest BCUT2D eigenvalue weighted by Crippen LogP contribution is 2.22. The van der Waals surface area contributed by atoms with Gasteiger partial charge in [0.1, 0.15) is 0 Å². The summed E-state index contributed by atoms with van der Waals surface area (Å²) < 4.78 is 4.69. The molecule has 0 aromatic heterocycles. The Morgan fingerprint density at radius 1 is 1.58 bits per heavy atom. The van der Waals surface area contributed by atoms with Crippen LogP contribution in [-0.4, -0.2) is 13.1 Å². The fraction of sp³-hybridized carbons (Fsp3) is 0.700. The number of hydrogen-bond donors (Lipinski definition) is 0. The summed E-state index contributed by atoms with van der Waals surface area (Å²) in [5.74, 6) is 0.0444. The third-order valence-electron chi connectivity index (χ3n) is 2.32. The number of hydrogen-bond acceptors (Lipinski definition) is 2. The average molecular weight is 170 g/mol. The van der Waals surface area contributed by atoms with Gasteiger partial charge in [-0.1, -0.05) is 26.0 Å².